The summed E-state index contributed by atoms with van der Waals surface area (Å²) in [7, 11) is 3.81. The Labute approximate surface area is 204 Å². The Bertz CT molecular complexity index is 1140. The molecule has 0 spiro atoms. The van der Waals surface area contributed by atoms with Gasteiger partial charge in [-0.15, -0.1) is 0 Å². The Morgan fingerprint density at radius 3 is 2.80 bits per heavy atom. The maximum absolute atomic E-state index is 15.0. The summed E-state index contributed by atoms with van der Waals surface area (Å²) < 4.78 is 26.0. The lowest BCUT2D eigenvalue weighted by Gasteiger charge is -2.18. The molecule has 0 bridgehead atoms. The van der Waals surface area contributed by atoms with Gasteiger partial charge in [-0.2, -0.15) is 5.26 Å². The molecule has 2 aromatic carbocycles. The van der Waals surface area contributed by atoms with Gasteiger partial charge in [-0.05, 0) is 62.0 Å². The highest BCUT2D eigenvalue weighted by molar-refractivity contribution is 5.95. The van der Waals surface area contributed by atoms with Crippen molar-refractivity contribution in [3.8, 4) is 17.2 Å². The van der Waals surface area contributed by atoms with Gasteiger partial charge in [0.15, 0.2) is 0 Å². The van der Waals surface area contributed by atoms with E-state index in [0.29, 0.717) is 36.4 Å². The van der Waals surface area contributed by atoms with Crippen molar-refractivity contribution < 1.29 is 23.5 Å². The van der Waals surface area contributed by atoms with E-state index in [1.165, 1.54) is 6.07 Å². The molecular formula is C26H29FN4O4. The number of cyclic esters (lactones) is 1. The molecule has 9 heteroatoms. The zero-order valence-corrected chi connectivity index (χ0v) is 19.8. The summed E-state index contributed by atoms with van der Waals surface area (Å²) in [4.78, 5) is 26.6. The van der Waals surface area contributed by atoms with E-state index < -0.39 is 18.0 Å². The minimum atomic E-state index is -0.885. The Morgan fingerprint density at radius 2 is 2.06 bits per heavy atom. The summed E-state index contributed by atoms with van der Waals surface area (Å²) in [5, 5.41) is 15.3. The standard InChI is InChI=1S/C26H29FN4O4/c1-31(2)15-24-21-11-16(6-7-20(21)26(33)35-24)17-4-5-18(22(27)12-17)10-19(13-28)30-25(32)23-14-29-8-3-9-34-23/h4-7,11-12,19,23-24,29H,3,8-10,14-15H2,1-2H3,(H,30,32)/t19-,23-,24?/m0/s1. The highest BCUT2D eigenvalue weighted by Crippen LogP contribution is 2.34. The molecule has 4 rings (SSSR count). The number of likely N-dealkylation sites (N-methyl/N-ethyl adjacent to an activating group) is 1. The molecule has 1 amide bonds. The zero-order valence-electron chi connectivity index (χ0n) is 19.8. The van der Waals surface area contributed by atoms with Crippen LogP contribution < -0.4 is 10.6 Å². The first-order valence-electron chi connectivity index (χ1n) is 11.7. The first-order valence-corrected chi connectivity index (χ1v) is 11.7. The van der Waals surface area contributed by atoms with Gasteiger partial charge in [0.1, 0.15) is 24.1 Å². The van der Waals surface area contributed by atoms with Gasteiger partial charge in [0.25, 0.3) is 5.91 Å². The van der Waals surface area contributed by atoms with Crippen molar-refractivity contribution in [3.05, 3.63) is 58.9 Å². The van der Waals surface area contributed by atoms with Crippen LogP contribution >= 0.6 is 0 Å². The summed E-state index contributed by atoms with van der Waals surface area (Å²) >= 11 is 0. The first kappa shape index (κ1) is 24.8. The SMILES string of the molecule is CN(C)CC1OC(=O)c2ccc(-c3ccc(C[C@@H](C#N)NC(=O)[C@@H]4CNCCCO4)c(F)c3)cc21. The van der Waals surface area contributed by atoms with E-state index in [4.69, 9.17) is 9.47 Å². The van der Waals surface area contributed by atoms with E-state index in [9.17, 15) is 14.9 Å². The van der Waals surface area contributed by atoms with E-state index in [0.717, 1.165) is 24.1 Å². The number of carbonyl (C=O) groups is 2. The Morgan fingerprint density at radius 1 is 1.29 bits per heavy atom. The summed E-state index contributed by atoms with van der Waals surface area (Å²) in [6, 6.07) is 11.3. The van der Waals surface area contributed by atoms with Crippen LogP contribution in [0.5, 0.6) is 0 Å². The van der Waals surface area contributed by atoms with Crippen molar-refractivity contribution in [2.24, 2.45) is 0 Å². The number of nitriles is 1. The van der Waals surface area contributed by atoms with Gasteiger partial charge in [-0.3, -0.25) is 4.79 Å². The fourth-order valence-electron chi connectivity index (χ4n) is 4.31. The van der Waals surface area contributed by atoms with Crippen LogP contribution in [0.1, 0.15) is 34.0 Å². The third-order valence-corrected chi connectivity index (χ3v) is 6.12. The van der Waals surface area contributed by atoms with Gasteiger partial charge < -0.3 is 25.0 Å². The summed E-state index contributed by atoms with van der Waals surface area (Å²) in [5.74, 6) is -1.21. The van der Waals surface area contributed by atoms with Crippen LogP contribution in [0.15, 0.2) is 36.4 Å². The van der Waals surface area contributed by atoms with Gasteiger partial charge in [0, 0.05) is 31.7 Å². The molecule has 1 unspecified atom stereocenters. The molecule has 2 heterocycles. The number of fused-ring (bicyclic) bond motifs is 1. The van der Waals surface area contributed by atoms with E-state index in [1.807, 2.05) is 31.1 Å². The number of nitrogens with zero attached hydrogens (tertiary/aromatic N) is 2. The second kappa shape index (κ2) is 11.0. The van der Waals surface area contributed by atoms with Crippen LogP contribution in [0.3, 0.4) is 0 Å². The van der Waals surface area contributed by atoms with Crippen LogP contribution in [0.4, 0.5) is 4.39 Å². The highest BCUT2D eigenvalue weighted by Gasteiger charge is 2.31. The highest BCUT2D eigenvalue weighted by atomic mass is 19.1. The van der Waals surface area contributed by atoms with Crippen LogP contribution in [-0.2, 0) is 20.7 Å². The molecule has 2 aliphatic heterocycles. The average molecular weight is 481 g/mol. The minimum Gasteiger partial charge on any atom is -0.452 e. The predicted octanol–water partition coefficient (Wildman–Crippen LogP) is 2.20. The molecule has 1 saturated heterocycles. The first-order chi connectivity index (χ1) is 16.9. The van der Waals surface area contributed by atoms with E-state index in [-0.39, 0.29) is 24.4 Å². The molecule has 35 heavy (non-hydrogen) atoms. The van der Waals surface area contributed by atoms with Crippen LogP contribution in [0.2, 0.25) is 0 Å². The summed E-state index contributed by atoms with van der Waals surface area (Å²) in [5.41, 5.74) is 3.05. The molecule has 8 nitrogen and oxygen atoms in total. The topological polar surface area (TPSA) is 104 Å². The van der Waals surface area contributed by atoms with Crippen molar-refractivity contribution in [1.82, 2.24) is 15.5 Å². The second-order valence-corrected chi connectivity index (χ2v) is 9.08. The maximum Gasteiger partial charge on any atom is 0.339 e. The zero-order chi connectivity index (χ0) is 24.9. The monoisotopic (exact) mass is 480 g/mol. The molecule has 2 aliphatic rings. The number of rotatable bonds is 7. The molecule has 0 aliphatic carbocycles. The third-order valence-electron chi connectivity index (χ3n) is 6.12. The minimum absolute atomic E-state index is 0.0337. The number of hydrogen-bond acceptors (Lipinski definition) is 7. The molecule has 3 atom stereocenters. The van der Waals surface area contributed by atoms with Crippen molar-refractivity contribution in [1.29, 1.82) is 5.26 Å². The summed E-state index contributed by atoms with van der Waals surface area (Å²) in [6.45, 7) is 2.17. The molecular weight excluding hydrogens is 451 g/mol. The van der Waals surface area contributed by atoms with Crippen molar-refractivity contribution in [2.45, 2.75) is 31.1 Å². The van der Waals surface area contributed by atoms with Crippen molar-refractivity contribution >= 4 is 11.9 Å². The summed E-state index contributed by atoms with van der Waals surface area (Å²) in [6.07, 6.45) is -0.199. The van der Waals surface area contributed by atoms with Gasteiger partial charge in [-0.25, -0.2) is 9.18 Å². The molecule has 0 saturated carbocycles. The fraction of sp³-hybridized carbons (Fsp3) is 0.423. The van der Waals surface area contributed by atoms with Gasteiger partial charge in [0.2, 0.25) is 0 Å². The van der Waals surface area contributed by atoms with Gasteiger partial charge in [0.05, 0.1) is 11.6 Å². The fourth-order valence-corrected chi connectivity index (χ4v) is 4.31. The van der Waals surface area contributed by atoms with Crippen LogP contribution in [-0.4, -0.2) is 69.3 Å². The number of benzene rings is 2. The molecule has 2 aromatic rings. The van der Waals surface area contributed by atoms with Crippen LogP contribution in [0, 0.1) is 17.1 Å². The number of ether oxygens (including phenoxy) is 2. The van der Waals surface area contributed by atoms with Gasteiger partial charge >= 0.3 is 5.97 Å². The predicted molar refractivity (Wildman–Crippen MR) is 127 cm³/mol. The third kappa shape index (κ3) is 5.85. The van der Waals surface area contributed by atoms with E-state index in [1.54, 1.807) is 24.3 Å². The lowest BCUT2D eigenvalue weighted by Crippen LogP contribution is -2.46. The number of hydrogen-bond donors (Lipinski definition) is 2. The number of amides is 1. The largest absolute Gasteiger partial charge is 0.452 e. The van der Waals surface area contributed by atoms with Crippen molar-refractivity contribution in [3.63, 3.8) is 0 Å². The number of esters is 1. The smallest absolute Gasteiger partial charge is 0.339 e. The molecule has 2 N–H and O–H groups in total. The van der Waals surface area contributed by atoms with E-state index >= 15 is 4.39 Å². The molecule has 184 valence electrons. The van der Waals surface area contributed by atoms with Gasteiger partial charge in [-0.1, -0.05) is 18.2 Å². The normalized spacial score (nSPS) is 20.5. The van der Waals surface area contributed by atoms with Crippen LogP contribution in [0.25, 0.3) is 11.1 Å². The second-order valence-electron chi connectivity index (χ2n) is 9.08. The number of carbonyl (C=O) groups excluding carboxylic acids is 2. The Balaban J connectivity index is 1.47. The molecule has 0 radical (unpaired) electrons. The number of nitrogens with one attached hydrogen (secondary N) is 2. The Kier molecular flexibility index (Phi) is 7.76. The lowest BCUT2D eigenvalue weighted by molar-refractivity contribution is -0.132. The number of halogens is 1. The van der Waals surface area contributed by atoms with Crippen molar-refractivity contribution in [2.75, 3.05) is 40.3 Å². The molecule has 0 aromatic heterocycles. The average Bonchev–Trinajstić information content (AvgIpc) is 3.00. The quantitative estimate of drug-likeness (QED) is 0.586. The Hall–Kier alpha value is -3.32. The maximum atomic E-state index is 15.0. The lowest BCUT2D eigenvalue weighted by atomic mass is 9.96. The van der Waals surface area contributed by atoms with E-state index in [2.05, 4.69) is 10.6 Å². The molecule has 1 fully saturated rings.